The van der Waals surface area contributed by atoms with Crippen LogP contribution in [0.3, 0.4) is 0 Å². The van der Waals surface area contributed by atoms with E-state index in [2.05, 4.69) is 0 Å². The Hall–Kier alpha value is 0.170. The Morgan fingerprint density at radius 1 is 1.00 bits per heavy atom. The fourth-order valence-corrected chi connectivity index (χ4v) is 0.526. The van der Waals surface area contributed by atoms with Crippen LogP contribution >= 0.6 is 11.6 Å². The van der Waals surface area contributed by atoms with Crippen molar-refractivity contribution in [1.82, 2.24) is 0 Å². The predicted molar refractivity (Wildman–Crippen MR) is 39.4 cm³/mol. The van der Waals surface area contributed by atoms with Crippen LogP contribution in [0.4, 0.5) is 0 Å². The summed E-state index contributed by atoms with van der Waals surface area (Å²) in [6, 6.07) is 0.230. The van der Waals surface area contributed by atoms with Gasteiger partial charge in [0.25, 0.3) is 0 Å². The number of alkyl halides is 1. The molecule has 0 aliphatic rings. The molecule has 0 spiro atoms. The standard InChI is InChI=1S/C6H13ClO3/c1-8-2-3-9-4-5-10-6-7/h2-6H2,1H3. The number of rotatable bonds is 7. The minimum absolute atomic E-state index is 0.230. The highest BCUT2D eigenvalue weighted by Gasteiger charge is 1.86. The maximum atomic E-state index is 5.24. The Balaban J connectivity index is 2.65. The summed E-state index contributed by atoms with van der Waals surface area (Å²) in [6.07, 6.45) is 0. The molecule has 0 saturated heterocycles. The molecule has 0 bridgehead atoms. The number of ether oxygens (including phenoxy) is 3. The van der Waals surface area contributed by atoms with E-state index in [4.69, 9.17) is 25.8 Å². The van der Waals surface area contributed by atoms with E-state index in [1.807, 2.05) is 0 Å². The summed E-state index contributed by atoms with van der Waals surface area (Å²) in [5.74, 6) is 0. The van der Waals surface area contributed by atoms with Gasteiger partial charge < -0.3 is 14.2 Å². The summed E-state index contributed by atoms with van der Waals surface area (Å²) in [5, 5.41) is 0. The second-order valence-electron chi connectivity index (χ2n) is 1.62. The number of methoxy groups -OCH3 is 1. The highest BCUT2D eigenvalue weighted by molar-refractivity contribution is 6.17. The fraction of sp³-hybridized carbons (Fsp3) is 1.00. The van der Waals surface area contributed by atoms with E-state index in [1.54, 1.807) is 7.11 Å². The predicted octanol–water partition coefficient (Wildman–Crippen LogP) is 0.862. The zero-order chi connectivity index (χ0) is 7.66. The van der Waals surface area contributed by atoms with Gasteiger partial charge in [-0.1, -0.05) is 11.6 Å². The number of halogens is 1. The van der Waals surface area contributed by atoms with Crippen LogP contribution in [-0.2, 0) is 14.2 Å². The lowest BCUT2D eigenvalue weighted by atomic mass is 10.7. The second kappa shape index (κ2) is 9.17. The smallest absolute Gasteiger partial charge is 0.120 e. The summed E-state index contributed by atoms with van der Waals surface area (Å²) < 4.78 is 14.6. The van der Waals surface area contributed by atoms with Gasteiger partial charge in [-0.3, -0.25) is 0 Å². The van der Waals surface area contributed by atoms with Crippen LogP contribution < -0.4 is 0 Å². The van der Waals surface area contributed by atoms with E-state index in [0.29, 0.717) is 26.4 Å². The van der Waals surface area contributed by atoms with Crippen molar-refractivity contribution in [3.05, 3.63) is 0 Å². The van der Waals surface area contributed by atoms with Gasteiger partial charge in [0.05, 0.1) is 26.4 Å². The zero-order valence-electron chi connectivity index (χ0n) is 6.14. The summed E-state index contributed by atoms with van der Waals surface area (Å²) >= 11 is 5.24. The number of hydrogen-bond acceptors (Lipinski definition) is 3. The van der Waals surface area contributed by atoms with E-state index >= 15 is 0 Å². The largest absolute Gasteiger partial charge is 0.382 e. The molecule has 0 unspecified atom stereocenters. The molecule has 0 fully saturated rings. The van der Waals surface area contributed by atoms with Crippen LogP contribution in [0, 0.1) is 0 Å². The van der Waals surface area contributed by atoms with Crippen LogP contribution in [0.1, 0.15) is 0 Å². The third kappa shape index (κ3) is 8.17. The molecular weight excluding hydrogens is 156 g/mol. The second-order valence-corrected chi connectivity index (χ2v) is 1.84. The first kappa shape index (κ1) is 10.2. The monoisotopic (exact) mass is 168 g/mol. The van der Waals surface area contributed by atoms with Crippen molar-refractivity contribution in [3.63, 3.8) is 0 Å². The lowest BCUT2D eigenvalue weighted by Crippen LogP contribution is -2.07. The molecule has 0 aliphatic carbocycles. The average molecular weight is 169 g/mol. The molecule has 3 nitrogen and oxygen atoms in total. The average Bonchev–Trinajstić information content (AvgIpc) is 1.97. The summed E-state index contributed by atoms with van der Waals surface area (Å²) in [7, 11) is 1.64. The van der Waals surface area contributed by atoms with E-state index in [-0.39, 0.29) is 6.07 Å². The van der Waals surface area contributed by atoms with Crippen molar-refractivity contribution < 1.29 is 14.2 Å². The van der Waals surface area contributed by atoms with E-state index in [0.717, 1.165) is 0 Å². The molecule has 10 heavy (non-hydrogen) atoms. The molecule has 0 aliphatic heterocycles. The maximum absolute atomic E-state index is 5.24. The molecule has 0 rings (SSSR count). The van der Waals surface area contributed by atoms with Crippen molar-refractivity contribution in [3.8, 4) is 0 Å². The van der Waals surface area contributed by atoms with Crippen molar-refractivity contribution >= 4 is 11.6 Å². The summed E-state index contributed by atoms with van der Waals surface area (Å²) in [6.45, 7) is 2.37. The highest BCUT2D eigenvalue weighted by atomic mass is 35.5. The van der Waals surface area contributed by atoms with Crippen molar-refractivity contribution in [2.75, 3.05) is 39.6 Å². The molecule has 0 aromatic rings. The van der Waals surface area contributed by atoms with Gasteiger partial charge in [-0.05, 0) is 0 Å². The first-order chi connectivity index (χ1) is 4.91. The van der Waals surface area contributed by atoms with Gasteiger partial charge in [-0.15, -0.1) is 0 Å². The SMILES string of the molecule is COCCOCCOCCl. The quantitative estimate of drug-likeness (QED) is 0.417. The normalized spacial score (nSPS) is 10.2. The van der Waals surface area contributed by atoms with Gasteiger partial charge >= 0.3 is 0 Å². The first-order valence-electron chi connectivity index (χ1n) is 3.12. The molecule has 0 atom stereocenters. The van der Waals surface area contributed by atoms with E-state index in [9.17, 15) is 0 Å². The lowest BCUT2D eigenvalue weighted by Gasteiger charge is -2.01. The molecule has 0 aromatic heterocycles. The zero-order valence-corrected chi connectivity index (χ0v) is 6.89. The van der Waals surface area contributed by atoms with Crippen molar-refractivity contribution in [1.29, 1.82) is 0 Å². The number of hydrogen-bond donors (Lipinski definition) is 0. The van der Waals surface area contributed by atoms with Crippen LogP contribution in [0.2, 0.25) is 0 Å². The Morgan fingerprint density at radius 3 is 2.20 bits per heavy atom. The third-order valence-corrected chi connectivity index (χ3v) is 1.04. The van der Waals surface area contributed by atoms with E-state index < -0.39 is 0 Å². The minimum atomic E-state index is 0.230. The van der Waals surface area contributed by atoms with Gasteiger partial charge in [0.15, 0.2) is 0 Å². The topological polar surface area (TPSA) is 27.7 Å². The minimum Gasteiger partial charge on any atom is -0.382 e. The Morgan fingerprint density at radius 2 is 1.60 bits per heavy atom. The molecule has 0 heterocycles. The molecule has 0 N–H and O–H groups in total. The molecule has 4 heteroatoms. The molecular formula is C6H13ClO3. The molecule has 0 aromatic carbocycles. The van der Waals surface area contributed by atoms with Crippen molar-refractivity contribution in [2.24, 2.45) is 0 Å². The highest BCUT2D eigenvalue weighted by Crippen LogP contribution is 1.80. The van der Waals surface area contributed by atoms with Crippen LogP contribution in [0.15, 0.2) is 0 Å². The Kier molecular flexibility index (Phi) is 9.33. The Bertz CT molecular complexity index is 53.0. The molecule has 0 amide bonds. The summed E-state index contributed by atoms with van der Waals surface area (Å²) in [4.78, 5) is 0. The van der Waals surface area contributed by atoms with Crippen LogP contribution in [0.5, 0.6) is 0 Å². The van der Waals surface area contributed by atoms with Crippen LogP contribution in [-0.4, -0.2) is 39.6 Å². The lowest BCUT2D eigenvalue weighted by molar-refractivity contribution is 0.0348. The summed E-state index contributed by atoms with van der Waals surface area (Å²) in [5.41, 5.74) is 0. The van der Waals surface area contributed by atoms with Gasteiger partial charge in [0.2, 0.25) is 0 Å². The van der Waals surface area contributed by atoms with Gasteiger partial charge in [0.1, 0.15) is 6.07 Å². The third-order valence-electron chi connectivity index (χ3n) is 0.881. The van der Waals surface area contributed by atoms with Crippen LogP contribution in [0.25, 0.3) is 0 Å². The fourth-order valence-electron chi connectivity index (χ4n) is 0.417. The first-order valence-corrected chi connectivity index (χ1v) is 3.65. The van der Waals surface area contributed by atoms with Crippen molar-refractivity contribution in [2.45, 2.75) is 0 Å². The Labute approximate surface area is 66.2 Å². The molecule has 0 saturated carbocycles. The van der Waals surface area contributed by atoms with E-state index in [1.165, 1.54) is 0 Å². The molecule has 0 radical (unpaired) electrons. The van der Waals surface area contributed by atoms with Gasteiger partial charge in [-0.2, -0.15) is 0 Å². The molecule has 62 valence electrons. The maximum Gasteiger partial charge on any atom is 0.120 e. The van der Waals surface area contributed by atoms with Gasteiger partial charge in [-0.25, -0.2) is 0 Å². The van der Waals surface area contributed by atoms with Gasteiger partial charge in [0, 0.05) is 7.11 Å².